The van der Waals surface area contributed by atoms with Gasteiger partial charge in [0.05, 0.1) is 6.04 Å². The first-order chi connectivity index (χ1) is 10.3. The van der Waals surface area contributed by atoms with Crippen molar-refractivity contribution >= 4 is 11.6 Å². The third-order valence-electron chi connectivity index (χ3n) is 4.54. The summed E-state index contributed by atoms with van der Waals surface area (Å²) in [5, 5.41) is 17.4. The van der Waals surface area contributed by atoms with Gasteiger partial charge in [-0.05, 0) is 25.7 Å². The maximum atomic E-state index is 9.39. The molecule has 0 aromatic carbocycles. The standard InChI is InChI=1S/C15H23N5O/c16-10-13-14(17)20(12-4-2-1-3-5-12)19-15(13)18-11-6-8-21-9-7-11/h11-12H,1-9,17H2,(H,18,19). The lowest BCUT2D eigenvalue weighted by Crippen LogP contribution is -2.28. The molecule has 0 spiro atoms. The number of nitrogen functional groups attached to an aromatic ring is 1. The largest absolute Gasteiger partial charge is 0.383 e. The number of nitrogens with two attached hydrogens (primary N) is 1. The molecule has 0 bridgehead atoms. The van der Waals surface area contributed by atoms with Crippen molar-refractivity contribution in [3.05, 3.63) is 5.56 Å². The maximum Gasteiger partial charge on any atom is 0.168 e. The average Bonchev–Trinajstić information content (AvgIpc) is 2.85. The number of nitrogens with zero attached hydrogens (tertiary/aromatic N) is 3. The van der Waals surface area contributed by atoms with Gasteiger partial charge in [0.1, 0.15) is 17.5 Å². The molecule has 2 fully saturated rings. The molecule has 3 N–H and O–H groups in total. The first-order valence-electron chi connectivity index (χ1n) is 7.92. The molecule has 1 aliphatic carbocycles. The zero-order valence-electron chi connectivity index (χ0n) is 12.3. The van der Waals surface area contributed by atoms with E-state index in [1.165, 1.54) is 19.3 Å². The highest BCUT2D eigenvalue weighted by Crippen LogP contribution is 2.33. The van der Waals surface area contributed by atoms with Crippen molar-refractivity contribution in [3.63, 3.8) is 0 Å². The summed E-state index contributed by atoms with van der Waals surface area (Å²) < 4.78 is 7.24. The van der Waals surface area contributed by atoms with Gasteiger partial charge in [0, 0.05) is 19.3 Å². The molecule has 1 aliphatic heterocycles. The Morgan fingerprint density at radius 2 is 1.90 bits per heavy atom. The van der Waals surface area contributed by atoms with Crippen molar-refractivity contribution in [1.82, 2.24) is 9.78 Å². The number of nitrogens with one attached hydrogen (secondary N) is 1. The predicted molar refractivity (Wildman–Crippen MR) is 80.9 cm³/mol. The number of hydrogen-bond donors (Lipinski definition) is 2. The van der Waals surface area contributed by atoms with E-state index in [9.17, 15) is 5.26 Å². The quantitative estimate of drug-likeness (QED) is 0.892. The molecule has 21 heavy (non-hydrogen) atoms. The second-order valence-corrected chi connectivity index (χ2v) is 5.99. The van der Waals surface area contributed by atoms with Gasteiger partial charge in [0.15, 0.2) is 5.82 Å². The van der Waals surface area contributed by atoms with E-state index in [0.29, 0.717) is 29.3 Å². The lowest BCUT2D eigenvalue weighted by atomic mass is 9.96. The maximum absolute atomic E-state index is 9.39. The van der Waals surface area contributed by atoms with Crippen LogP contribution in [0, 0.1) is 11.3 Å². The van der Waals surface area contributed by atoms with Crippen LogP contribution in [0.5, 0.6) is 0 Å². The topological polar surface area (TPSA) is 88.9 Å². The smallest absolute Gasteiger partial charge is 0.168 e. The summed E-state index contributed by atoms with van der Waals surface area (Å²) in [5.74, 6) is 1.16. The number of nitriles is 1. The fourth-order valence-electron chi connectivity index (χ4n) is 3.30. The number of ether oxygens (including phenoxy) is 1. The highest BCUT2D eigenvalue weighted by atomic mass is 16.5. The van der Waals surface area contributed by atoms with Gasteiger partial charge in [-0.15, -0.1) is 0 Å². The summed E-state index contributed by atoms with van der Waals surface area (Å²) >= 11 is 0. The van der Waals surface area contributed by atoms with Crippen molar-refractivity contribution in [2.45, 2.75) is 57.0 Å². The zero-order valence-corrected chi connectivity index (χ0v) is 12.3. The van der Waals surface area contributed by atoms with Crippen LogP contribution in [0.2, 0.25) is 0 Å². The van der Waals surface area contributed by atoms with Crippen LogP contribution < -0.4 is 11.1 Å². The molecule has 3 rings (SSSR count). The lowest BCUT2D eigenvalue weighted by Gasteiger charge is -2.24. The van der Waals surface area contributed by atoms with Crippen LogP contribution in [-0.2, 0) is 4.74 Å². The lowest BCUT2D eigenvalue weighted by molar-refractivity contribution is 0.0903. The van der Waals surface area contributed by atoms with Gasteiger partial charge in [-0.2, -0.15) is 10.4 Å². The zero-order chi connectivity index (χ0) is 14.7. The SMILES string of the molecule is N#Cc1c(NC2CCOCC2)nn(C2CCCCC2)c1N. The van der Waals surface area contributed by atoms with E-state index >= 15 is 0 Å². The number of rotatable bonds is 3. The van der Waals surface area contributed by atoms with Crippen LogP contribution in [0.3, 0.4) is 0 Å². The van der Waals surface area contributed by atoms with Gasteiger partial charge in [-0.3, -0.25) is 0 Å². The Kier molecular flexibility index (Phi) is 4.30. The third kappa shape index (κ3) is 2.98. The molecule has 2 heterocycles. The van der Waals surface area contributed by atoms with E-state index in [1.807, 2.05) is 4.68 Å². The van der Waals surface area contributed by atoms with Gasteiger partial charge in [0.2, 0.25) is 0 Å². The summed E-state index contributed by atoms with van der Waals surface area (Å²) in [6.45, 7) is 1.52. The molecule has 6 nitrogen and oxygen atoms in total. The average molecular weight is 289 g/mol. The van der Waals surface area contributed by atoms with Crippen LogP contribution in [-0.4, -0.2) is 29.0 Å². The van der Waals surface area contributed by atoms with Crippen molar-refractivity contribution in [2.24, 2.45) is 0 Å². The minimum absolute atomic E-state index is 0.319. The molecule has 0 radical (unpaired) electrons. The predicted octanol–water partition coefficient (Wildman–Crippen LogP) is 2.43. The second kappa shape index (κ2) is 6.35. The van der Waals surface area contributed by atoms with Crippen LogP contribution in [0.1, 0.15) is 56.6 Å². The van der Waals surface area contributed by atoms with Gasteiger partial charge >= 0.3 is 0 Å². The Bertz CT molecular complexity index is 521. The minimum atomic E-state index is 0.319. The van der Waals surface area contributed by atoms with Gasteiger partial charge in [-0.1, -0.05) is 19.3 Å². The first-order valence-corrected chi connectivity index (χ1v) is 7.92. The first kappa shape index (κ1) is 14.2. The molecule has 2 aliphatic rings. The second-order valence-electron chi connectivity index (χ2n) is 5.99. The van der Waals surface area contributed by atoms with Crippen LogP contribution in [0.25, 0.3) is 0 Å². The normalized spacial score (nSPS) is 21.1. The molecule has 1 aromatic rings. The van der Waals surface area contributed by atoms with E-state index in [2.05, 4.69) is 16.5 Å². The molecule has 0 atom stereocenters. The molecule has 0 amide bonds. The third-order valence-corrected chi connectivity index (χ3v) is 4.54. The number of hydrogen-bond acceptors (Lipinski definition) is 5. The molecule has 1 aromatic heterocycles. The molecule has 0 unspecified atom stereocenters. The number of aromatic nitrogens is 2. The molecular formula is C15H23N5O. The van der Waals surface area contributed by atoms with E-state index < -0.39 is 0 Å². The van der Waals surface area contributed by atoms with Crippen molar-refractivity contribution in [3.8, 4) is 6.07 Å². The summed E-state index contributed by atoms with van der Waals surface area (Å²) in [7, 11) is 0. The van der Waals surface area contributed by atoms with Crippen LogP contribution in [0.15, 0.2) is 0 Å². The van der Waals surface area contributed by atoms with E-state index in [-0.39, 0.29) is 0 Å². The van der Waals surface area contributed by atoms with E-state index in [0.717, 1.165) is 38.9 Å². The van der Waals surface area contributed by atoms with Crippen molar-refractivity contribution < 1.29 is 4.74 Å². The molecule has 1 saturated carbocycles. The van der Waals surface area contributed by atoms with Gasteiger partial charge < -0.3 is 15.8 Å². The summed E-state index contributed by atoms with van der Waals surface area (Å²) in [6.07, 6.45) is 7.82. The Morgan fingerprint density at radius 1 is 1.19 bits per heavy atom. The molecule has 1 saturated heterocycles. The molecular weight excluding hydrogens is 266 g/mol. The van der Waals surface area contributed by atoms with Crippen molar-refractivity contribution in [2.75, 3.05) is 24.3 Å². The summed E-state index contributed by atoms with van der Waals surface area (Å²) in [5.41, 5.74) is 6.66. The van der Waals surface area contributed by atoms with Gasteiger partial charge in [0.25, 0.3) is 0 Å². The Hall–Kier alpha value is -1.74. The van der Waals surface area contributed by atoms with Crippen molar-refractivity contribution in [1.29, 1.82) is 5.26 Å². The van der Waals surface area contributed by atoms with E-state index in [1.54, 1.807) is 0 Å². The minimum Gasteiger partial charge on any atom is -0.383 e. The fraction of sp³-hybridized carbons (Fsp3) is 0.733. The molecule has 6 heteroatoms. The van der Waals surface area contributed by atoms with Crippen LogP contribution in [0.4, 0.5) is 11.6 Å². The Labute approximate surface area is 125 Å². The summed E-state index contributed by atoms with van der Waals surface area (Å²) in [6, 6.07) is 2.87. The van der Waals surface area contributed by atoms with E-state index in [4.69, 9.17) is 10.5 Å². The van der Waals surface area contributed by atoms with Gasteiger partial charge in [-0.25, -0.2) is 4.68 Å². The summed E-state index contributed by atoms with van der Waals surface area (Å²) in [4.78, 5) is 0. The van der Waals surface area contributed by atoms with Crippen LogP contribution >= 0.6 is 0 Å². The Morgan fingerprint density at radius 3 is 2.57 bits per heavy atom. The highest BCUT2D eigenvalue weighted by Gasteiger charge is 2.24. The molecule has 114 valence electrons. The number of anilines is 2. The fourth-order valence-corrected chi connectivity index (χ4v) is 3.30. The monoisotopic (exact) mass is 289 g/mol. The highest BCUT2D eigenvalue weighted by molar-refractivity contribution is 5.64. The Balaban J connectivity index is 1.80.